The molecule has 0 spiro atoms. The van der Waals surface area contributed by atoms with Crippen molar-refractivity contribution in [1.82, 2.24) is 14.9 Å². The zero-order chi connectivity index (χ0) is 20.8. The lowest BCUT2D eigenvalue weighted by molar-refractivity contribution is 0.284. The Bertz CT molecular complexity index is 1200. The van der Waals surface area contributed by atoms with Crippen LogP contribution in [0.3, 0.4) is 0 Å². The first-order valence-corrected chi connectivity index (χ1v) is 9.77. The SMILES string of the molecule is COc1ccc(C=Nn2c(-c3ccccc3)n[nH]c2=S)cc1OCc1ccccc1. The Balaban J connectivity index is 1.59. The Kier molecular flexibility index (Phi) is 6.01. The highest BCUT2D eigenvalue weighted by Gasteiger charge is 2.08. The summed E-state index contributed by atoms with van der Waals surface area (Å²) in [6.07, 6.45) is 1.71. The van der Waals surface area contributed by atoms with E-state index in [0.29, 0.717) is 28.7 Å². The second-order valence-corrected chi connectivity index (χ2v) is 6.85. The van der Waals surface area contributed by atoms with Crippen molar-refractivity contribution in [2.45, 2.75) is 6.61 Å². The molecule has 4 aromatic rings. The van der Waals surface area contributed by atoms with E-state index in [4.69, 9.17) is 21.7 Å². The molecule has 0 aliphatic heterocycles. The molecule has 0 aliphatic rings. The predicted molar refractivity (Wildman–Crippen MR) is 120 cm³/mol. The highest BCUT2D eigenvalue weighted by atomic mass is 32.1. The van der Waals surface area contributed by atoms with Crippen LogP contribution in [0, 0.1) is 4.77 Å². The summed E-state index contributed by atoms with van der Waals surface area (Å²) in [7, 11) is 1.62. The fourth-order valence-electron chi connectivity index (χ4n) is 2.92. The van der Waals surface area contributed by atoms with Crippen LogP contribution in [0.15, 0.2) is 84.0 Å². The molecule has 0 unspecified atom stereocenters. The molecule has 0 amide bonds. The molecule has 0 atom stereocenters. The quantitative estimate of drug-likeness (QED) is 0.337. The summed E-state index contributed by atoms with van der Waals surface area (Å²) in [4.78, 5) is 0. The Hall–Kier alpha value is -3.71. The number of methoxy groups -OCH3 is 1. The van der Waals surface area contributed by atoms with Crippen LogP contribution >= 0.6 is 12.2 Å². The maximum absolute atomic E-state index is 5.98. The highest BCUT2D eigenvalue weighted by molar-refractivity contribution is 7.71. The number of benzene rings is 3. The molecule has 0 bridgehead atoms. The molecule has 30 heavy (non-hydrogen) atoms. The van der Waals surface area contributed by atoms with Crippen LogP contribution < -0.4 is 9.47 Å². The van der Waals surface area contributed by atoms with Crippen LogP contribution in [0.2, 0.25) is 0 Å². The maximum Gasteiger partial charge on any atom is 0.216 e. The number of hydrogen-bond donors (Lipinski definition) is 1. The number of aromatic amines is 1. The molecule has 0 radical (unpaired) electrons. The molecule has 0 saturated carbocycles. The van der Waals surface area contributed by atoms with Gasteiger partial charge in [0.15, 0.2) is 17.3 Å². The van der Waals surface area contributed by atoms with Crippen molar-refractivity contribution >= 4 is 18.4 Å². The van der Waals surface area contributed by atoms with E-state index in [1.807, 2.05) is 78.9 Å². The zero-order valence-corrected chi connectivity index (χ0v) is 17.2. The van der Waals surface area contributed by atoms with Gasteiger partial charge in [-0.05, 0) is 41.5 Å². The maximum atomic E-state index is 5.98. The average Bonchev–Trinajstić information content (AvgIpc) is 3.18. The molecule has 3 aromatic carbocycles. The van der Waals surface area contributed by atoms with Gasteiger partial charge in [-0.25, -0.2) is 5.10 Å². The van der Waals surface area contributed by atoms with Crippen molar-refractivity contribution in [3.63, 3.8) is 0 Å². The van der Waals surface area contributed by atoms with E-state index in [1.165, 1.54) is 0 Å². The molecule has 1 heterocycles. The molecular weight excluding hydrogens is 396 g/mol. The number of hydrogen-bond acceptors (Lipinski definition) is 5. The summed E-state index contributed by atoms with van der Waals surface area (Å²) in [6, 6.07) is 25.4. The van der Waals surface area contributed by atoms with Crippen molar-refractivity contribution in [3.05, 3.63) is 94.8 Å². The van der Waals surface area contributed by atoms with E-state index < -0.39 is 0 Å². The molecule has 0 fully saturated rings. The van der Waals surface area contributed by atoms with Crippen LogP contribution in [0.1, 0.15) is 11.1 Å². The molecule has 6 nitrogen and oxygen atoms in total. The van der Waals surface area contributed by atoms with E-state index >= 15 is 0 Å². The van der Waals surface area contributed by atoms with Gasteiger partial charge in [0.1, 0.15) is 6.61 Å². The third-order valence-corrected chi connectivity index (χ3v) is 4.69. The number of H-pyrrole nitrogens is 1. The molecule has 1 N–H and O–H groups in total. The standard InChI is InChI=1S/C23H20N4O2S/c1-28-20-13-12-18(14-21(20)29-16-17-8-4-2-5-9-17)15-24-27-22(25-26-23(27)30)19-10-6-3-7-11-19/h2-15H,16H2,1H3,(H,26,30). The summed E-state index contributed by atoms with van der Waals surface area (Å²) in [6.45, 7) is 0.447. The van der Waals surface area contributed by atoms with E-state index in [0.717, 1.165) is 16.7 Å². The third-order valence-electron chi connectivity index (χ3n) is 4.43. The smallest absolute Gasteiger partial charge is 0.216 e. The first-order valence-electron chi connectivity index (χ1n) is 9.36. The summed E-state index contributed by atoms with van der Waals surface area (Å²) >= 11 is 5.34. The van der Waals surface area contributed by atoms with Crippen LogP contribution in [0.25, 0.3) is 11.4 Å². The minimum atomic E-state index is 0.416. The predicted octanol–water partition coefficient (Wildman–Crippen LogP) is 5.08. The Labute approximate surface area is 179 Å². The van der Waals surface area contributed by atoms with Crippen LogP contribution in [-0.2, 0) is 6.61 Å². The lowest BCUT2D eigenvalue weighted by atomic mass is 10.2. The molecular formula is C23H20N4O2S. The molecule has 1 aromatic heterocycles. The molecule has 0 saturated heterocycles. The first-order chi connectivity index (χ1) is 14.7. The number of aromatic nitrogens is 3. The Morgan fingerprint density at radius 2 is 1.73 bits per heavy atom. The lowest BCUT2D eigenvalue weighted by Crippen LogP contribution is -1.99. The normalized spacial score (nSPS) is 11.0. The highest BCUT2D eigenvalue weighted by Crippen LogP contribution is 2.28. The van der Waals surface area contributed by atoms with Crippen LogP contribution in [-0.4, -0.2) is 28.2 Å². The third kappa shape index (κ3) is 4.47. The Morgan fingerprint density at radius 1 is 1.00 bits per heavy atom. The summed E-state index contributed by atoms with van der Waals surface area (Å²) < 4.78 is 13.4. The van der Waals surface area contributed by atoms with E-state index in [-0.39, 0.29) is 0 Å². The number of rotatable bonds is 7. The average molecular weight is 417 g/mol. The van der Waals surface area contributed by atoms with Gasteiger partial charge in [0.25, 0.3) is 0 Å². The monoisotopic (exact) mass is 416 g/mol. The largest absolute Gasteiger partial charge is 0.493 e. The van der Waals surface area contributed by atoms with Crippen molar-refractivity contribution in [2.75, 3.05) is 7.11 Å². The van der Waals surface area contributed by atoms with E-state index in [9.17, 15) is 0 Å². The van der Waals surface area contributed by atoms with Gasteiger partial charge in [-0.3, -0.25) is 0 Å². The van der Waals surface area contributed by atoms with Gasteiger partial charge in [-0.2, -0.15) is 14.9 Å². The topological polar surface area (TPSA) is 64.4 Å². The first kappa shape index (κ1) is 19.6. The molecule has 7 heteroatoms. The molecule has 4 rings (SSSR count). The lowest BCUT2D eigenvalue weighted by Gasteiger charge is -2.11. The van der Waals surface area contributed by atoms with Crippen LogP contribution in [0.4, 0.5) is 0 Å². The van der Waals surface area contributed by atoms with Crippen molar-refractivity contribution in [3.8, 4) is 22.9 Å². The second kappa shape index (κ2) is 9.19. The minimum Gasteiger partial charge on any atom is -0.493 e. The summed E-state index contributed by atoms with van der Waals surface area (Å²) in [5, 5.41) is 11.6. The van der Waals surface area contributed by atoms with E-state index in [2.05, 4.69) is 15.3 Å². The fourth-order valence-corrected chi connectivity index (χ4v) is 3.10. The number of nitrogens with zero attached hydrogens (tertiary/aromatic N) is 3. The molecule has 150 valence electrons. The van der Waals surface area contributed by atoms with E-state index in [1.54, 1.807) is 18.0 Å². The van der Waals surface area contributed by atoms with Gasteiger partial charge in [-0.15, -0.1) is 0 Å². The molecule has 0 aliphatic carbocycles. The van der Waals surface area contributed by atoms with Crippen molar-refractivity contribution in [1.29, 1.82) is 0 Å². The Morgan fingerprint density at radius 3 is 2.47 bits per heavy atom. The van der Waals surface area contributed by atoms with Gasteiger partial charge in [0.05, 0.1) is 13.3 Å². The van der Waals surface area contributed by atoms with Gasteiger partial charge in [0, 0.05) is 5.56 Å². The van der Waals surface area contributed by atoms with Crippen LogP contribution in [0.5, 0.6) is 11.5 Å². The fraction of sp³-hybridized carbons (Fsp3) is 0.0870. The number of ether oxygens (including phenoxy) is 2. The van der Waals surface area contributed by atoms with Crippen molar-refractivity contribution in [2.24, 2.45) is 5.10 Å². The minimum absolute atomic E-state index is 0.416. The van der Waals surface area contributed by atoms with Gasteiger partial charge >= 0.3 is 0 Å². The zero-order valence-electron chi connectivity index (χ0n) is 16.4. The van der Waals surface area contributed by atoms with Gasteiger partial charge in [-0.1, -0.05) is 60.7 Å². The van der Waals surface area contributed by atoms with Crippen molar-refractivity contribution < 1.29 is 9.47 Å². The summed E-state index contributed by atoms with van der Waals surface area (Å²) in [5.41, 5.74) is 2.85. The van der Waals surface area contributed by atoms with Gasteiger partial charge < -0.3 is 9.47 Å². The summed E-state index contributed by atoms with van der Waals surface area (Å²) in [5.74, 6) is 1.95. The van der Waals surface area contributed by atoms with Gasteiger partial charge in [0.2, 0.25) is 4.77 Å². The second-order valence-electron chi connectivity index (χ2n) is 6.46. The number of nitrogens with one attached hydrogen (secondary N) is 1.